The minimum absolute atomic E-state index is 0.123. The number of amides is 1. The minimum Gasteiger partial charge on any atom is -0.462 e. The summed E-state index contributed by atoms with van der Waals surface area (Å²) in [7, 11) is 0. The number of esters is 1. The molecule has 0 aliphatic heterocycles. The molecule has 3 aromatic rings. The summed E-state index contributed by atoms with van der Waals surface area (Å²) in [5, 5.41) is 7.15. The number of aryl methyl sites for hydroxylation is 1. The number of ether oxygens (including phenoxy) is 1. The zero-order valence-corrected chi connectivity index (χ0v) is 20.3. The van der Waals surface area contributed by atoms with Gasteiger partial charge in [-0.05, 0) is 91.9 Å². The lowest BCUT2D eigenvalue weighted by atomic mass is 10.2. The molecule has 2 N–H and O–H groups in total. The number of carbonyl (C=O) groups excluding carboxylic acids is 2. The van der Waals surface area contributed by atoms with Crippen molar-refractivity contribution in [2.24, 2.45) is 5.10 Å². The van der Waals surface area contributed by atoms with Gasteiger partial charge in [0, 0.05) is 31.9 Å². The van der Waals surface area contributed by atoms with Crippen LogP contribution in [0.2, 0.25) is 0 Å². The highest BCUT2D eigenvalue weighted by Gasteiger charge is 2.12. The number of halogens is 1. The molecule has 0 radical (unpaired) electrons. The zero-order valence-electron chi connectivity index (χ0n) is 18.2. The first-order chi connectivity index (χ1) is 15.4. The lowest BCUT2D eigenvalue weighted by Crippen LogP contribution is -2.25. The Hall–Kier alpha value is -3.14. The van der Waals surface area contributed by atoms with Crippen molar-refractivity contribution in [3.05, 3.63) is 80.7 Å². The monoisotopic (exact) mass is 544 g/mol. The third-order valence-corrected chi connectivity index (χ3v) is 5.50. The molecule has 3 rings (SSSR count). The summed E-state index contributed by atoms with van der Waals surface area (Å²) < 4.78 is 8.26. The molecular formula is C24H25IN4O3. The van der Waals surface area contributed by atoms with Crippen molar-refractivity contribution >= 4 is 46.4 Å². The second kappa shape index (κ2) is 10.9. The molecule has 0 bridgehead atoms. The largest absolute Gasteiger partial charge is 0.462 e. The van der Waals surface area contributed by atoms with Crippen molar-refractivity contribution in [3.63, 3.8) is 0 Å². The van der Waals surface area contributed by atoms with Crippen LogP contribution in [0.4, 0.5) is 5.69 Å². The smallest absolute Gasteiger partial charge is 0.338 e. The van der Waals surface area contributed by atoms with E-state index >= 15 is 0 Å². The van der Waals surface area contributed by atoms with E-state index < -0.39 is 0 Å². The van der Waals surface area contributed by atoms with E-state index in [4.69, 9.17) is 4.74 Å². The Morgan fingerprint density at radius 2 is 1.88 bits per heavy atom. The van der Waals surface area contributed by atoms with Crippen molar-refractivity contribution in [2.75, 3.05) is 18.5 Å². The van der Waals surface area contributed by atoms with Crippen molar-refractivity contribution in [2.45, 2.75) is 20.8 Å². The molecule has 0 aliphatic rings. The number of nitrogens with one attached hydrogen (secondary N) is 2. The third-order valence-electron chi connectivity index (χ3n) is 4.78. The van der Waals surface area contributed by atoms with Gasteiger partial charge in [0.05, 0.1) is 24.9 Å². The molecular weight excluding hydrogens is 519 g/mol. The van der Waals surface area contributed by atoms with Gasteiger partial charge in [-0.2, -0.15) is 5.10 Å². The number of nitrogens with zero attached hydrogens (tertiary/aromatic N) is 2. The quantitative estimate of drug-likeness (QED) is 0.190. The Morgan fingerprint density at radius 3 is 2.59 bits per heavy atom. The summed E-state index contributed by atoms with van der Waals surface area (Å²) in [6.07, 6.45) is 1.62. The van der Waals surface area contributed by atoms with Crippen LogP contribution in [0.3, 0.4) is 0 Å². The van der Waals surface area contributed by atoms with E-state index in [9.17, 15) is 9.59 Å². The first-order valence-electron chi connectivity index (χ1n) is 10.2. The predicted octanol–water partition coefficient (Wildman–Crippen LogP) is 4.44. The summed E-state index contributed by atoms with van der Waals surface area (Å²) in [6, 6.07) is 17.1. The van der Waals surface area contributed by atoms with Gasteiger partial charge in [-0.3, -0.25) is 4.79 Å². The highest BCUT2D eigenvalue weighted by atomic mass is 127. The van der Waals surface area contributed by atoms with Gasteiger partial charge in [0.2, 0.25) is 0 Å². The molecule has 7 nitrogen and oxygen atoms in total. The van der Waals surface area contributed by atoms with E-state index in [-0.39, 0.29) is 18.4 Å². The maximum atomic E-state index is 12.1. The van der Waals surface area contributed by atoms with Gasteiger partial charge in [-0.15, -0.1) is 0 Å². The number of hydrazone groups is 1. The fourth-order valence-electron chi connectivity index (χ4n) is 3.27. The predicted molar refractivity (Wildman–Crippen MR) is 135 cm³/mol. The summed E-state index contributed by atoms with van der Waals surface area (Å²) >= 11 is 2.23. The third kappa shape index (κ3) is 5.97. The van der Waals surface area contributed by atoms with Gasteiger partial charge >= 0.3 is 5.97 Å². The van der Waals surface area contributed by atoms with Crippen LogP contribution < -0.4 is 10.7 Å². The Morgan fingerprint density at radius 1 is 1.12 bits per heavy atom. The standard InChI is InChI=1S/C24H25IN4O3/c1-4-32-24(31)18-6-5-7-22(13-18)29-16(2)12-19(17(29)3)14-27-28-23(30)15-26-21-10-8-20(25)9-11-21/h5-14,26H,4,15H2,1-3H3,(H,28,30)/b27-14-. The van der Waals surface area contributed by atoms with E-state index in [1.807, 2.05) is 60.9 Å². The lowest BCUT2D eigenvalue weighted by molar-refractivity contribution is -0.119. The molecule has 0 fully saturated rings. The van der Waals surface area contributed by atoms with Gasteiger partial charge in [-0.1, -0.05) is 6.07 Å². The van der Waals surface area contributed by atoms with E-state index in [1.165, 1.54) is 0 Å². The SMILES string of the molecule is CCOC(=O)c1cccc(-n2c(C)cc(/C=N\NC(=O)CNc3ccc(I)cc3)c2C)c1. The van der Waals surface area contributed by atoms with Crippen LogP contribution in [0.25, 0.3) is 5.69 Å². The highest BCUT2D eigenvalue weighted by Crippen LogP contribution is 2.21. The number of rotatable bonds is 8. The van der Waals surface area contributed by atoms with E-state index in [1.54, 1.807) is 25.3 Å². The van der Waals surface area contributed by atoms with E-state index in [0.717, 1.165) is 31.9 Å². The van der Waals surface area contributed by atoms with Crippen molar-refractivity contribution in [1.29, 1.82) is 0 Å². The summed E-state index contributed by atoms with van der Waals surface area (Å²) in [5.41, 5.74) is 7.57. The maximum Gasteiger partial charge on any atom is 0.338 e. The van der Waals surface area contributed by atoms with E-state index in [2.05, 4.69) is 38.4 Å². The highest BCUT2D eigenvalue weighted by molar-refractivity contribution is 14.1. The minimum atomic E-state index is -0.347. The molecule has 0 saturated carbocycles. The van der Waals surface area contributed by atoms with Crippen LogP contribution in [0.15, 0.2) is 59.7 Å². The van der Waals surface area contributed by atoms with E-state index in [0.29, 0.717) is 12.2 Å². The van der Waals surface area contributed by atoms with Crippen LogP contribution in [-0.2, 0) is 9.53 Å². The molecule has 0 atom stereocenters. The normalized spacial score (nSPS) is 10.9. The van der Waals surface area contributed by atoms with Crippen LogP contribution >= 0.6 is 22.6 Å². The molecule has 0 aliphatic carbocycles. The number of aromatic nitrogens is 1. The molecule has 2 aromatic carbocycles. The average Bonchev–Trinajstić information content (AvgIpc) is 3.06. The first kappa shape index (κ1) is 23.5. The van der Waals surface area contributed by atoms with Crippen molar-refractivity contribution < 1.29 is 14.3 Å². The molecule has 166 valence electrons. The molecule has 32 heavy (non-hydrogen) atoms. The zero-order chi connectivity index (χ0) is 23.1. The van der Waals surface area contributed by atoms with Crippen molar-refractivity contribution in [1.82, 2.24) is 9.99 Å². The number of benzene rings is 2. The Labute approximate surface area is 201 Å². The maximum absolute atomic E-state index is 12.1. The molecule has 1 heterocycles. The number of hydrogen-bond acceptors (Lipinski definition) is 5. The second-order valence-corrected chi connectivity index (χ2v) is 8.33. The fraction of sp³-hybridized carbons (Fsp3) is 0.208. The topological polar surface area (TPSA) is 84.7 Å². The van der Waals surface area contributed by atoms with Crippen LogP contribution in [0.1, 0.15) is 34.2 Å². The van der Waals surface area contributed by atoms with Gasteiger partial charge in [-0.25, -0.2) is 10.2 Å². The molecule has 0 unspecified atom stereocenters. The molecule has 0 saturated heterocycles. The number of hydrogen-bond donors (Lipinski definition) is 2. The number of carbonyl (C=O) groups is 2. The number of anilines is 1. The van der Waals surface area contributed by atoms with Crippen LogP contribution in [0, 0.1) is 17.4 Å². The van der Waals surface area contributed by atoms with Crippen molar-refractivity contribution in [3.8, 4) is 5.69 Å². The first-order valence-corrected chi connectivity index (χ1v) is 11.2. The Kier molecular flexibility index (Phi) is 8.04. The Bertz CT molecular complexity index is 1140. The van der Waals surface area contributed by atoms with Crippen LogP contribution in [0.5, 0.6) is 0 Å². The molecule has 0 spiro atoms. The van der Waals surface area contributed by atoms with Gasteiger partial charge in [0.1, 0.15) is 0 Å². The van der Waals surface area contributed by atoms with Gasteiger partial charge in [0.25, 0.3) is 5.91 Å². The molecule has 1 amide bonds. The summed E-state index contributed by atoms with van der Waals surface area (Å²) in [5.74, 6) is -0.587. The van der Waals surface area contributed by atoms with Gasteiger partial charge in [0.15, 0.2) is 0 Å². The summed E-state index contributed by atoms with van der Waals surface area (Å²) in [6.45, 7) is 6.18. The lowest BCUT2D eigenvalue weighted by Gasteiger charge is -2.11. The Balaban J connectivity index is 1.66. The summed E-state index contributed by atoms with van der Waals surface area (Å²) in [4.78, 5) is 24.1. The van der Waals surface area contributed by atoms with Gasteiger partial charge < -0.3 is 14.6 Å². The molecule has 1 aromatic heterocycles. The average molecular weight is 544 g/mol. The fourth-order valence-corrected chi connectivity index (χ4v) is 3.63. The molecule has 8 heteroatoms. The second-order valence-electron chi connectivity index (χ2n) is 7.09. The van der Waals surface area contributed by atoms with Crippen LogP contribution in [-0.4, -0.2) is 35.8 Å².